The minimum absolute atomic E-state index is 0.127. The lowest BCUT2D eigenvalue weighted by molar-refractivity contribution is 0.0520. The largest absolute Gasteiger partial charge is 0.461 e. The van der Waals surface area contributed by atoms with E-state index >= 15 is 0 Å². The number of hydrogen-bond donors (Lipinski definition) is 1. The van der Waals surface area contributed by atoms with E-state index in [1.807, 2.05) is 0 Å². The molecule has 4 nitrogen and oxygen atoms in total. The van der Waals surface area contributed by atoms with Crippen molar-refractivity contribution in [3.8, 4) is 0 Å². The van der Waals surface area contributed by atoms with E-state index in [0.717, 1.165) is 12.8 Å². The highest BCUT2D eigenvalue weighted by Crippen LogP contribution is 2.32. The first kappa shape index (κ1) is 9.96. The van der Waals surface area contributed by atoms with Gasteiger partial charge in [-0.3, -0.25) is 4.79 Å². The van der Waals surface area contributed by atoms with Gasteiger partial charge in [0.2, 0.25) is 0 Å². The van der Waals surface area contributed by atoms with Crippen LogP contribution >= 0.6 is 0 Å². The number of aromatic amines is 1. The summed E-state index contributed by atoms with van der Waals surface area (Å²) in [5, 5.41) is 0. The monoisotopic (exact) mass is 207 g/mol. The second-order valence-electron chi connectivity index (χ2n) is 3.66. The number of esters is 1. The van der Waals surface area contributed by atoms with Crippen molar-refractivity contribution >= 4 is 11.8 Å². The van der Waals surface area contributed by atoms with E-state index in [1.165, 1.54) is 0 Å². The maximum Gasteiger partial charge on any atom is 0.354 e. The summed E-state index contributed by atoms with van der Waals surface area (Å²) < 4.78 is 4.82. The van der Waals surface area contributed by atoms with Crippen molar-refractivity contribution in [2.75, 3.05) is 6.61 Å². The van der Waals surface area contributed by atoms with Crippen LogP contribution in [0.4, 0.5) is 0 Å². The summed E-state index contributed by atoms with van der Waals surface area (Å²) in [5.74, 6) is -0.106. The number of rotatable bonds is 4. The van der Waals surface area contributed by atoms with E-state index < -0.39 is 5.97 Å². The first-order valence-electron chi connectivity index (χ1n) is 5.12. The van der Waals surface area contributed by atoms with E-state index in [-0.39, 0.29) is 11.7 Å². The number of hydrogen-bond acceptors (Lipinski definition) is 3. The van der Waals surface area contributed by atoms with Gasteiger partial charge in [-0.25, -0.2) is 4.79 Å². The van der Waals surface area contributed by atoms with Gasteiger partial charge in [-0.1, -0.05) is 0 Å². The zero-order valence-corrected chi connectivity index (χ0v) is 8.58. The van der Waals surface area contributed by atoms with Crippen molar-refractivity contribution < 1.29 is 14.3 Å². The van der Waals surface area contributed by atoms with Gasteiger partial charge in [0, 0.05) is 17.7 Å². The number of H-pyrrole nitrogens is 1. The second-order valence-corrected chi connectivity index (χ2v) is 3.66. The lowest BCUT2D eigenvalue weighted by Gasteiger charge is -1.96. The third-order valence-electron chi connectivity index (χ3n) is 2.41. The van der Waals surface area contributed by atoms with Crippen LogP contribution in [0.5, 0.6) is 0 Å². The molecule has 0 aliphatic heterocycles. The topological polar surface area (TPSA) is 59.2 Å². The highest BCUT2D eigenvalue weighted by molar-refractivity contribution is 6.01. The number of ether oxygens (including phenoxy) is 1. The zero-order chi connectivity index (χ0) is 10.8. The summed E-state index contributed by atoms with van der Waals surface area (Å²) in [7, 11) is 0. The first-order valence-corrected chi connectivity index (χ1v) is 5.12. The maximum absolute atomic E-state index is 11.6. The van der Waals surface area contributed by atoms with Crippen LogP contribution in [0.3, 0.4) is 0 Å². The van der Waals surface area contributed by atoms with Gasteiger partial charge in [0.1, 0.15) is 5.69 Å². The molecule has 0 aromatic carbocycles. The van der Waals surface area contributed by atoms with Crippen LogP contribution in [0.25, 0.3) is 0 Å². The Morgan fingerprint density at radius 2 is 2.27 bits per heavy atom. The third-order valence-corrected chi connectivity index (χ3v) is 2.41. The minimum atomic E-state index is -0.410. The Morgan fingerprint density at radius 3 is 2.87 bits per heavy atom. The quantitative estimate of drug-likeness (QED) is 0.604. The summed E-state index contributed by atoms with van der Waals surface area (Å²) in [5.41, 5.74) is 0.932. The highest BCUT2D eigenvalue weighted by Gasteiger charge is 2.31. The molecule has 1 aromatic rings. The Labute approximate surface area is 87.6 Å². The lowest BCUT2D eigenvalue weighted by atomic mass is 10.1. The predicted octanol–water partition coefficient (Wildman–Crippen LogP) is 1.78. The lowest BCUT2D eigenvalue weighted by Crippen LogP contribution is -2.04. The molecule has 0 atom stereocenters. The number of nitrogens with one attached hydrogen (secondary N) is 1. The summed E-state index contributed by atoms with van der Waals surface area (Å²) in [4.78, 5) is 25.7. The van der Waals surface area contributed by atoms with Crippen molar-refractivity contribution in [3.63, 3.8) is 0 Å². The molecule has 80 valence electrons. The Balaban J connectivity index is 2.09. The van der Waals surface area contributed by atoms with Gasteiger partial charge in [-0.15, -0.1) is 0 Å². The molecule has 1 saturated carbocycles. The Kier molecular flexibility index (Phi) is 2.58. The molecular formula is C11H13NO3. The van der Waals surface area contributed by atoms with E-state index in [2.05, 4.69) is 4.98 Å². The molecule has 1 fully saturated rings. The third kappa shape index (κ3) is 2.09. The Morgan fingerprint density at radius 1 is 1.53 bits per heavy atom. The number of carbonyl (C=O) groups is 2. The molecule has 0 amide bonds. The Hall–Kier alpha value is -1.58. The van der Waals surface area contributed by atoms with Crippen molar-refractivity contribution in [1.29, 1.82) is 0 Å². The fraction of sp³-hybridized carbons (Fsp3) is 0.455. The summed E-state index contributed by atoms with van der Waals surface area (Å²) >= 11 is 0. The minimum Gasteiger partial charge on any atom is -0.461 e. The van der Waals surface area contributed by atoms with Crippen LogP contribution in [-0.4, -0.2) is 23.3 Å². The molecule has 1 aliphatic rings. The van der Waals surface area contributed by atoms with Gasteiger partial charge in [-0.05, 0) is 25.8 Å². The average Bonchev–Trinajstić information content (AvgIpc) is 2.95. The highest BCUT2D eigenvalue weighted by atomic mass is 16.5. The molecule has 0 radical (unpaired) electrons. The molecule has 4 heteroatoms. The molecule has 0 bridgehead atoms. The van der Waals surface area contributed by atoms with Gasteiger partial charge in [0.15, 0.2) is 5.78 Å². The van der Waals surface area contributed by atoms with Gasteiger partial charge in [0.05, 0.1) is 6.61 Å². The van der Waals surface area contributed by atoms with Crippen LogP contribution in [0.15, 0.2) is 12.3 Å². The smallest absolute Gasteiger partial charge is 0.354 e. The van der Waals surface area contributed by atoms with Crippen molar-refractivity contribution in [2.24, 2.45) is 5.92 Å². The number of ketones is 1. The van der Waals surface area contributed by atoms with Crippen molar-refractivity contribution in [3.05, 3.63) is 23.5 Å². The summed E-state index contributed by atoms with van der Waals surface area (Å²) in [6.07, 6.45) is 3.52. The predicted molar refractivity (Wildman–Crippen MR) is 53.8 cm³/mol. The molecule has 1 N–H and O–H groups in total. The van der Waals surface area contributed by atoms with Gasteiger partial charge < -0.3 is 9.72 Å². The van der Waals surface area contributed by atoms with Gasteiger partial charge >= 0.3 is 5.97 Å². The number of carbonyl (C=O) groups excluding carboxylic acids is 2. The summed E-state index contributed by atoms with van der Waals surface area (Å²) in [6, 6.07) is 1.57. The van der Waals surface area contributed by atoms with Crippen molar-refractivity contribution in [2.45, 2.75) is 19.8 Å². The summed E-state index contributed by atoms with van der Waals surface area (Å²) in [6.45, 7) is 2.08. The molecule has 2 rings (SSSR count). The standard InChI is InChI=1S/C11H13NO3/c1-2-15-11(14)9-5-8(6-12-9)10(13)7-3-4-7/h5-7,12H,2-4H2,1H3. The number of aromatic nitrogens is 1. The maximum atomic E-state index is 11.6. The van der Waals surface area contributed by atoms with E-state index in [4.69, 9.17) is 4.74 Å². The normalized spacial score (nSPS) is 15.0. The van der Waals surface area contributed by atoms with Crippen molar-refractivity contribution in [1.82, 2.24) is 4.98 Å². The number of Topliss-reactive ketones (excluding diaryl/α,β-unsaturated/α-hetero) is 1. The molecule has 0 saturated heterocycles. The molecule has 1 heterocycles. The van der Waals surface area contributed by atoms with E-state index in [0.29, 0.717) is 17.9 Å². The molecular weight excluding hydrogens is 194 g/mol. The SMILES string of the molecule is CCOC(=O)c1cc(C(=O)C2CC2)c[nH]1. The van der Waals surface area contributed by atoms with Crippen LogP contribution in [0, 0.1) is 5.92 Å². The fourth-order valence-electron chi connectivity index (χ4n) is 1.44. The van der Waals surface area contributed by atoms with Crippen LogP contribution in [-0.2, 0) is 4.74 Å². The van der Waals surface area contributed by atoms with Gasteiger partial charge in [0.25, 0.3) is 0 Å². The average molecular weight is 207 g/mol. The molecule has 1 aromatic heterocycles. The molecule has 15 heavy (non-hydrogen) atoms. The molecule has 1 aliphatic carbocycles. The van der Waals surface area contributed by atoms with E-state index in [1.54, 1.807) is 19.2 Å². The van der Waals surface area contributed by atoms with Crippen LogP contribution in [0.2, 0.25) is 0 Å². The second kappa shape index (κ2) is 3.88. The van der Waals surface area contributed by atoms with Crippen LogP contribution < -0.4 is 0 Å². The molecule has 0 spiro atoms. The fourth-order valence-corrected chi connectivity index (χ4v) is 1.44. The Bertz CT molecular complexity index is 390. The van der Waals surface area contributed by atoms with Crippen LogP contribution in [0.1, 0.15) is 40.6 Å². The molecule has 0 unspecified atom stereocenters. The first-order chi connectivity index (χ1) is 7.22. The van der Waals surface area contributed by atoms with E-state index in [9.17, 15) is 9.59 Å². The zero-order valence-electron chi connectivity index (χ0n) is 8.58. The van der Waals surface area contributed by atoms with Gasteiger partial charge in [-0.2, -0.15) is 0 Å².